The van der Waals surface area contributed by atoms with E-state index < -0.39 is 16.1 Å². The minimum atomic E-state index is -3.21. The van der Waals surface area contributed by atoms with Gasteiger partial charge in [-0.3, -0.25) is 0 Å². The third-order valence-corrected chi connectivity index (χ3v) is 3.05. The second kappa shape index (κ2) is 7.17. The van der Waals surface area contributed by atoms with E-state index in [4.69, 9.17) is 5.11 Å². The molecule has 86 valence electrons. The smallest absolute Gasteiger partial charge is 0.211 e. The Bertz CT molecular complexity index is 227. The van der Waals surface area contributed by atoms with Gasteiger partial charge < -0.3 is 10.4 Å². The molecule has 5 nitrogen and oxygen atoms in total. The Morgan fingerprint density at radius 3 is 2.57 bits per heavy atom. The number of sulfonamides is 1. The minimum Gasteiger partial charge on any atom is -0.392 e. The fourth-order valence-corrected chi connectivity index (χ4v) is 2.05. The average molecular weight is 224 g/mol. The molecular formula is C8H20N2O3S. The van der Waals surface area contributed by atoms with E-state index in [9.17, 15) is 8.42 Å². The molecule has 1 unspecified atom stereocenters. The third-order valence-electron chi connectivity index (χ3n) is 1.62. The van der Waals surface area contributed by atoms with Crippen molar-refractivity contribution in [2.75, 3.05) is 25.4 Å². The van der Waals surface area contributed by atoms with E-state index in [1.807, 2.05) is 6.92 Å². The molecule has 14 heavy (non-hydrogen) atoms. The van der Waals surface area contributed by atoms with Gasteiger partial charge in [-0.2, -0.15) is 0 Å². The van der Waals surface area contributed by atoms with Crippen LogP contribution in [0.25, 0.3) is 0 Å². The van der Waals surface area contributed by atoms with Gasteiger partial charge in [0.25, 0.3) is 0 Å². The fraction of sp³-hybridized carbons (Fsp3) is 1.00. The van der Waals surface area contributed by atoms with Crippen molar-refractivity contribution in [2.24, 2.45) is 0 Å². The largest absolute Gasteiger partial charge is 0.392 e. The van der Waals surface area contributed by atoms with E-state index in [1.54, 1.807) is 6.92 Å². The SMILES string of the molecule is CCNCCCS(=O)(=O)NCC(C)O. The highest BCUT2D eigenvalue weighted by atomic mass is 32.2. The normalized spacial score (nSPS) is 14.2. The summed E-state index contributed by atoms with van der Waals surface area (Å²) in [4.78, 5) is 0. The lowest BCUT2D eigenvalue weighted by Gasteiger charge is -2.08. The number of hydrogen-bond donors (Lipinski definition) is 3. The van der Waals surface area contributed by atoms with Gasteiger partial charge in [-0.1, -0.05) is 6.92 Å². The predicted octanol–water partition coefficient (Wildman–Crippen LogP) is -0.714. The first-order chi connectivity index (χ1) is 6.48. The van der Waals surface area contributed by atoms with Gasteiger partial charge in [0.05, 0.1) is 11.9 Å². The van der Waals surface area contributed by atoms with E-state index in [0.717, 1.165) is 6.54 Å². The molecule has 0 amide bonds. The van der Waals surface area contributed by atoms with Gasteiger partial charge in [0.1, 0.15) is 0 Å². The molecule has 0 rings (SSSR count). The summed E-state index contributed by atoms with van der Waals surface area (Å²) in [7, 11) is -3.21. The number of aliphatic hydroxyl groups excluding tert-OH is 1. The third kappa shape index (κ3) is 8.43. The Hall–Kier alpha value is -0.170. The Morgan fingerprint density at radius 2 is 2.07 bits per heavy atom. The van der Waals surface area contributed by atoms with Crippen LogP contribution in [0.3, 0.4) is 0 Å². The first kappa shape index (κ1) is 13.8. The van der Waals surface area contributed by atoms with E-state index in [2.05, 4.69) is 10.0 Å². The summed E-state index contributed by atoms with van der Waals surface area (Å²) in [6, 6.07) is 0. The lowest BCUT2D eigenvalue weighted by Crippen LogP contribution is -2.33. The molecule has 3 N–H and O–H groups in total. The van der Waals surface area contributed by atoms with Crippen LogP contribution in [0.1, 0.15) is 20.3 Å². The number of rotatable bonds is 8. The molecule has 0 aromatic rings. The van der Waals surface area contributed by atoms with Crippen molar-refractivity contribution in [1.82, 2.24) is 10.0 Å². The summed E-state index contributed by atoms with van der Waals surface area (Å²) in [5.74, 6) is 0.104. The first-order valence-corrected chi connectivity index (χ1v) is 6.49. The molecule has 0 radical (unpaired) electrons. The molecule has 0 spiro atoms. The lowest BCUT2D eigenvalue weighted by molar-refractivity contribution is 0.198. The lowest BCUT2D eigenvalue weighted by atomic mass is 10.4. The second-order valence-corrected chi connectivity index (χ2v) is 5.15. The average Bonchev–Trinajstić information content (AvgIpc) is 2.10. The molecule has 0 bridgehead atoms. The maximum atomic E-state index is 11.2. The quantitative estimate of drug-likeness (QED) is 0.476. The van der Waals surface area contributed by atoms with Gasteiger partial charge in [-0.15, -0.1) is 0 Å². The Labute approximate surface area is 85.9 Å². The van der Waals surface area contributed by atoms with E-state index in [-0.39, 0.29) is 12.3 Å². The molecule has 0 saturated heterocycles. The molecule has 0 saturated carbocycles. The van der Waals surface area contributed by atoms with Crippen LogP contribution in [0.15, 0.2) is 0 Å². The summed E-state index contributed by atoms with van der Waals surface area (Å²) in [6.45, 7) is 5.15. The van der Waals surface area contributed by atoms with Crippen LogP contribution < -0.4 is 10.0 Å². The van der Waals surface area contributed by atoms with Crippen molar-refractivity contribution in [1.29, 1.82) is 0 Å². The van der Waals surface area contributed by atoms with Crippen molar-refractivity contribution >= 4 is 10.0 Å². The predicted molar refractivity (Wildman–Crippen MR) is 56.6 cm³/mol. The first-order valence-electron chi connectivity index (χ1n) is 4.84. The molecule has 0 aromatic carbocycles. The van der Waals surface area contributed by atoms with Crippen LogP contribution in [0.4, 0.5) is 0 Å². The summed E-state index contributed by atoms with van der Waals surface area (Å²) >= 11 is 0. The summed E-state index contributed by atoms with van der Waals surface area (Å²) < 4.78 is 24.8. The van der Waals surface area contributed by atoms with Crippen molar-refractivity contribution in [3.8, 4) is 0 Å². The Balaban J connectivity index is 3.62. The standard InChI is InChI=1S/C8H20N2O3S/c1-3-9-5-4-6-14(12,13)10-7-8(2)11/h8-11H,3-7H2,1-2H3. The van der Waals surface area contributed by atoms with Crippen molar-refractivity contribution < 1.29 is 13.5 Å². The maximum Gasteiger partial charge on any atom is 0.211 e. The molecule has 0 heterocycles. The molecule has 0 aliphatic rings. The van der Waals surface area contributed by atoms with E-state index in [1.165, 1.54) is 0 Å². The molecule has 0 aromatic heterocycles. The van der Waals surface area contributed by atoms with Crippen LogP contribution in [0.2, 0.25) is 0 Å². The van der Waals surface area contributed by atoms with Crippen LogP contribution in [-0.2, 0) is 10.0 Å². The fourth-order valence-electron chi connectivity index (χ4n) is 0.884. The summed E-state index contributed by atoms with van der Waals surface area (Å²) in [6.07, 6.45) is -0.0539. The van der Waals surface area contributed by atoms with Gasteiger partial charge in [-0.25, -0.2) is 13.1 Å². The molecule has 0 aliphatic heterocycles. The maximum absolute atomic E-state index is 11.2. The van der Waals surface area contributed by atoms with Crippen LogP contribution >= 0.6 is 0 Å². The highest BCUT2D eigenvalue weighted by Crippen LogP contribution is 1.89. The summed E-state index contributed by atoms with van der Waals surface area (Å²) in [5, 5.41) is 11.9. The van der Waals surface area contributed by atoms with Crippen molar-refractivity contribution in [2.45, 2.75) is 26.4 Å². The highest BCUT2D eigenvalue weighted by Gasteiger charge is 2.09. The molecule has 1 atom stereocenters. The Morgan fingerprint density at radius 1 is 1.43 bits per heavy atom. The van der Waals surface area contributed by atoms with Gasteiger partial charge in [0, 0.05) is 6.54 Å². The Kier molecular flexibility index (Phi) is 7.08. The number of aliphatic hydroxyl groups is 1. The zero-order chi connectivity index (χ0) is 11.0. The monoisotopic (exact) mass is 224 g/mol. The van der Waals surface area contributed by atoms with Crippen molar-refractivity contribution in [3.05, 3.63) is 0 Å². The van der Waals surface area contributed by atoms with Crippen LogP contribution in [0.5, 0.6) is 0 Å². The van der Waals surface area contributed by atoms with Gasteiger partial charge in [-0.05, 0) is 26.4 Å². The molecule has 6 heteroatoms. The molecule has 0 aliphatic carbocycles. The molecule has 0 fully saturated rings. The van der Waals surface area contributed by atoms with Gasteiger partial charge in [0.2, 0.25) is 10.0 Å². The summed E-state index contributed by atoms with van der Waals surface area (Å²) in [5.41, 5.74) is 0. The number of hydrogen-bond acceptors (Lipinski definition) is 4. The van der Waals surface area contributed by atoms with Crippen LogP contribution in [0, 0.1) is 0 Å². The van der Waals surface area contributed by atoms with Crippen molar-refractivity contribution in [3.63, 3.8) is 0 Å². The number of nitrogens with one attached hydrogen (secondary N) is 2. The van der Waals surface area contributed by atoms with Crippen LogP contribution in [-0.4, -0.2) is 45.0 Å². The zero-order valence-corrected chi connectivity index (χ0v) is 9.60. The second-order valence-electron chi connectivity index (χ2n) is 3.22. The zero-order valence-electron chi connectivity index (χ0n) is 8.78. The van der Waals surface area contributed by atoms with E-state index >= 15 is 0 Å². The van der Waals surface area contributed by atoms with E-state index in [0.29, 0.717) is 13.0 Å². The van der Waals surface area contributed by atoms with Gasteiger partial charge >= 0.3 is 0 Å². The topological polar surface area (TPSA) is 78.4 Å². The highest BCUT2D eigenvalue weighted by molar-refractivity contribution is 7.89. The van der Waals surface area contributed by atoms with Gasteiger partial charge in [0.15, 0.2) is 0 Å². The molecular weight excluding hydrogens is 204 g/mol. The minimum absolute atomic E-state index is 0.0868.